The highest BCUT2D eigenvalue weighted by atomic mass is 79.9. The van der Waals surface area contributed by atoms with Crippen LogP contribution in [0.3, 0.4) is 0 Å². The third-order valence-corrected chi connectivity index (χ3v) is 4.96. The van der Waals surface area contributed by atoms with Crippen LogP contribution in [0.15, 0.2) is 46.9 Å². The van der Waals surface area contributed by atoms with Crippen LogP contribution < -0.4 is 10.6 Å². The minimum absolute atomic E-state index is 0.307. The number of nitrogens with one attached hydrogen (secondary N) is 2. The summed E-state index contributed by atoms with van der Waals surface area (Å²) in [6.45, 7) is 5.92. The predicted molar refractivity (Wildman–Crippen MR) is 112 cm³/mol. The van der Waals surface area contributed by atoms with Gasteiger partial charge in [0.25, 0.3) is 11.8 Å². The number of fused-ring (bicyclic) bond motifs is 1. The van der Waals surface area contributed by atoms with Crippen molar-refractivity contribution in [1.82, 2.24) is 10.2 Å². The van der Waals surface area contributed by atoms with E-state index in [1.54, 1.807) is 18.2 Å². The molecule has 7 heteroatoms. The second-order valence-corrected chi connectivity index (χ2v) is 8.55. The van der Waals surface area contributed by atoms with Crippen molar-refractivity contribution in [3.63, 3.8) is 0 Å². The maximum atomic E-state index is 12.6. The van der Waals surface area contributed by atoms with Crippen molar-refractivity contribution in [1.29, 1.82) is 0 Å². The summed E-state index contributed by atoms with van der Waals surface area (Å²) < 4.78 is 1.01. The predicted octanol–water partition coefficient (Wildman–Crippen LogP) is 4.21. The molecule has 0 aliphatic carbocycles. The summed E-state index contributed by atoms with van der Waals surface area (Å²) >= 11 is 3.39. The molecule has 3 rings (SSSR count). The first-order valence-corrected chi connectivity index (χ1v) is 9.78. The van der Waals surface area contributed by atoms with Crippen molar-refractivity contribution >= 4 is 39.5 Å². The first-order chi connectivity index (χ1) is 13.2. The minimum Gasteiger partial charge on any atom is -0.338 e. The third-order valence-electron chi connectivity index (χ3n) is 4.43. The van der Waals surface area contributed by atoms with E-state index in [2.05, 4.69) is 26.6 Å². The lowest BCUT2D eigenvalue weighted by molar-refractivity contribution is 0.0507. The number of hydrogen-bond donors (Lipinski definition) is 2. The lowest BCUT2D eigenvalue weighted by atomic mass is 10.1. The summed E-state index contributed by atoms with van der Waals surface area (Å²) in [6.07, 6.45) is 0.707. The Kier molecular flexibility index (Phi) is 5.56. The number of carbonyl (C=O) groups is 3. The summed E-state index contributed by atoms with van der Waals surface area (Å²) in [7, 11) is 0. The Bertz CT molecular complexity index is 933. The monoisotopic (exact) mass is 443 g/mol. The summed E-state index contributed by atoms with van der Waals surface area (Å²) in [4.78, 5) is 38.5. The molecule has 146 valence electrons. The fraction of sp³-hybridized carbons (Fsp3) is 0.286. The zero-order valence-corrected chi connectivity index (χ0v) is 17.6. The number of imide groups is 1. The van der Waals surface area contributed by atoms with Gasteiger partial charge in [0.05, 0.1) is 11.1 Å². The Balaban J connectivity index is 1.61. The van der Waals surface area contributed by atoms with Crippen LogP contribution in [0, 0.1) is 0 Å². The van der Waals surface area contributed by atoms with Gasteiger partial charge in [-0.3, -0.25) is 14.5 Å². The quantitative estimate of drug-likeness (QED) is 0.694. The number of hydrogen-bond acceptors (Lipinski definition) is 3. The van der Waals surface area contributed by atoms with E-state index in [1.165, 1.54) is 4.90 Å². The smallest absolute Gasteiger partial charge is 0.319 e. The minimum atomic E-state index is -0.606. The van der Waals surface area contributed by atoms with Crippen molar-refractivity contribution < 1.29 is 14.4 Å². The molecule has 2 aromatic rings. The first kappa shape index (κ1) is 20.1. The highest BCUT2D eigenvalue weighted by Gasteiger charge is 2.41. The molecule has 2 N–H and O–H groups in total. The molecule has 1 aliphatic heterocycles. The fourth-order valence-electron chi connectivity index (χ4n) is 3.07. The largest absolute Gasteiger partial charge is 0.338 e. The molecule has 0 saturated carbocycles. The van der Waals surface area contributed by atoms with Crippen molar-refractivity contribution in [2.75, 3.05) is 11.9 Å². The van der Waals surface area contributed by atoms with Gasteiger partial charge in [0.2, 0.25) is 0 Å². The molecule has 1 heterocycles. The Labute approximate surface area is 172 Å². The molecule has 0 saturated heterocycles. The molecule has 0 fully saturated rings. The second kappa shape index (κ2) is 7.75. The SMILES string of the molecule is CC(C)(C)N1C(=O)c2ccc(NC(=O)NCCc3ccc(Br)cc3)cc2C1=O. The van der Waals surface area contributed by atoms with Crippen molar-refractivity contribution in [2.45, 2.75) is 32.7 Å². The van der Waals surface area contributed by atoms with Crippen LogP contribution in [0.4, 0.5) is 10.5 Å². The highest BCUT2D eigenvalue weighted by Crippen LogP contribution is 2.30. The molecule has 0 radical (unpaired) electrons. The molecule has 1 aliphatic rings. The number of nitrogens with zero attached hydrogens (tertiary/aromatic N) is 1. The van der Waals surface area contributed by atoms with Crippen LogP contribution in [0.1, 0.15) is 47.1 Å². The van der Waals surface area contributed by atoms with E-state index in [0.29, 0.717) is 29.8 Å². The summed E-state index contributed by atoms with van der Waals surface area (Å²) in [5.41, 5.74) is 1.66. The van der Waals surface area contributed by atoms with Gasteiger partial charge in [0, 0.05) is 22.2 Å². The molecule has 0 atom stereocenters. The van der Waals surface area contributed by atoms with E-state index >= 15 is 0 Å². The maximum Gasteiger partial charge on any atom is 0.319 e. The van der Waals surface area contributed by atoms with Crippen LogP contribution in [-0.4, -0.2) is 34.8 Å². The van der Waals surface area contributed by atoms with Gasteiger partial charge >= 0.3 is 6.03 Å². The van der Waals surface area contributed by atoms with E-state index in [1.807, 2.05) is 45.0 Å². The Morgan fingerprint density at radius 3 is 2.29 bits per heavy atom. The van der Waals surface area contributed by atoms with E-state index in [0.717, 1.165) is 10.0 Å². The first-order valence-electron chi connectivity index (χ1n) is 8.99. The molecular weight excluding hydrogens is 422 g/mol. The summed E-state index contributed by atoms with van der Waals surface area (Å²) in [5.74, 6) is -0.648. The number of urea groups is 1. The Morgan fingerprint density at radius 2 is 1.64 bits per heavy atom. The standard InChI is InChI=1S/C21H22BrN3O3/c1-21(2,3)25-18(26)16-9-8-15(12-17(16)19(25)27)24-20(28)23-11-10-13-4-6-14(22)7-5-13/h4-9,12H,10-11H2,1-3H3,(H2,23,24,28). The topological polar surface area (TPSA) is 78.5 Å². The van der Waals surface area contributed by atoms with Crippen molar-refractivity contribution in [3.8, 4) is 0 Å². The lowest BCUT2D eigenvalue weighted by Gasteiger charge is -2.29. The van der Waals surface area contributed by atoms with Gasteiger partial charge in [0.15, 0.2) is 0 Å². The Hall–Kier alpha value is -2.67. The molecule has 0 aromatic heterocycles. The zero-order chi connectivity index (χ0) is 20.5. The lowest BCUT2D eigenvalue weighted by Crippen LogP contribution is -2.45. The van der Waals surface area contributed by atoms with Gasteiger partial charge in [-0.15, -0.1) is 0 Å². The van der Waals surface area contributed by atoms with E-state index in [4.69, 9.17) is 0 Å². The van der Waals surface area contributed by atoms with Crippen LogP contribution in [0.5, 0.6) is 0 Å². The van der Waals surface area contributed by atoms with E-state index in [-0.39, 0.29) is 17.8 Å². The summed E-state index contributed by atoms with van der Waals surface area (Å²) in [5, 5.41) is 5.51. The van der Waals surface area contributed by atoms with E-state index in [9.17, 15) is 14.4 Å². The molecule has 0 bridgehead atoms. The van der Waals surface area contributed by atoms with Gasteiger partial charge in [-0.1, -0.05) is 28.1 Å². The molecule has 0 unspecified atom stereocenters. The van der Waals surface area contributed by atoms with Gasteiger partial charge < -0.3 is 10.6 Å². The fourth-order valence-corrected chi connectivity index (χ4v) is 3.34. The molecule has 0 spiro atoms. The van der Waals surface area contributed by atoms with Crippen LogP contribution in [-0.2, 0) is 6.42 Å². The van der Waals surface area contributed by atoms with E-state index < -0.39 is 5.54 Å². The number of amides is 4. The normalized spacial score (nSPS) is 13.5. The molecule has 4 amide bonds. The number of rotatable bonds is 4. The number of benzene rings is 2. The molecule has 6 nitrogen and oxygen atoms in total. The summed E-state index contributed by atoms with van der Waals surface area (Å²) in [6, 6.07) is 12.3. The molecule has 2 aromatic carbocycles. The van der Waals surface area contributed by atoms with Gasteiger partial charge in [0.1, 0.15) is 0 Å². The average molecular weight is 444 g/mol. The van der Waals surface area contributed by atoms with Crippen LogP contribution >= 0.6 is 15.9 Å². The highest BCUT2D eigenvalue weighted by molar-refractivity contribution is 9.10. The van der Waals surface area contributed by atoms with Crippen LogP contribution in [0.2, 0.25) is 0 Å². The van der Waals surface area contributed by atoms with Gasteiger partial charge in [-0.25, -0.2) is 4.79 Å². The average Bonchev–Trinajstić information content (AvgIpc) is 2.87. The molecular formula is C21H22BrN3O3. The third kappa shape index (κ3) is 4.25. The zero-order valence-electron chi connectivity index (χ0n) is 16.0. The van der Waals surface area contributed by atoms with Gasteiger partial charge in [-0.05, 0) is 63.1 Å². The number of halogens is 1. The van der Waals surface area contributed by atoms with Crippen LogP contribution in [0.25, 0.3) is 0 Å². The number of carbonyl (C=O) groups excluding carboxylic acids is 3. The van der Waals surface area contributed by atoms with Gasteiger partial charge in [-0.2, -0.15) is 0 Å². The van der Waals surface area contributed by atoms with Crippen molar-refractivity contribution in [3.05, 3.63) is 63.6 Å². The Morgan fingerprint density at radius 1 is 1.00 bits per heavy atom. The maximum absolute atomic E-state index is 12.6. The second-order valence-electron chi connectivity index (χ2n) is 7.63. The van der Waals surface area contributed by atoms with Crippen molar-refractivity contribution in [2.24, 2.45) is 0 Å². The molecule has 28 heavy (non-hydrogen) atoms. The number of anilines is 1.